The van der Waals surface area contributed by atoms with Gasteiger partial charge in [0, 0.05) is 23.5 Å². The Morgan fingerprint density at radius 3 is 3.15 bits per heavy atom. The second-order valence-corrected chi connectivity index (χ2v) is 4.47. The first kappa shape index (κ1) is 12.7. The van der Waals surface area contributed by atoms with Gasteiger partial charge in [-0.25, -0.2) is 9.37 Å². The van der Waals surface area contributed by atoms with Gasteiger partial charge in [0.05, 0.1) is 13.7 Å². The standard InChI is InChI=1S/C15H15FN2O2/c1-19-13-4-2-3-11-9-12(10-20-14(11)13)15-17-6-8-18(15)7-5-16/h2-4,6,8-9H,5,7,10H2,1H3. The van der Waals surface area contributed by atoms with E-state index in [0.29, 0.717) is 18.9 Å². The first-order chi connectivity index (χ1) is 9.83. The number of imidazole rings is 1. The predicted molar refractivity (Wildman–Crippen MR) is 74.6 cm³/mol. The van der Waals surface area contributed by atoms with Gasteiger partial charge >= 0.3 is 0 Å². The van der Waals surface area contributed by atoms with Crippen molar-refractivity contribution in [1.82, 2.24) is 9.55 Å². The fourth-order valence-corrected chi connectivity index (χ4v) is 2.34. The Kier molecular flexibility index (Phi) is 3.41. The van der Waals surface area contributed by atoms with Crippen molar-refractivity contribution in [3.8, 4) is 11.5 Å². The molecule has 2 heterocycles. The molecule has 1 aliphatic rings. The highest BCUT2D eigenvalue weighted by Crippen LogP contribution is 2.37. The summed E-state index contributed by atoms with van der Waals surface area (Å²) in [5.74, 6) is 2.20. The highest BCUT2D eigenvalue weighted by Gasteiger charge is 2.19. The number of hydrogen-bond donors (Lipinski definition) is 0. The van der Waals surface area contributed by atoms with Crippen LogP contribution >= 0.6 is 0 Å². The van der Waals surface area contributed by atoms with Gasteiger partial charge in [0.15, 0.2) is 11.5 Å². The summed E-state index contributed by atoms with van der Waals surface area (Å²) in [5.41, 5.74) is 1.88. The number of ether oxygens (including phenoxy) is 2. The molecule has 3 rings (SSSR count). The van der Waals surface area contributed by atoms with Crippen LogP contribution in [0, 0.1) is 0 Å². The maximum atomic E-state index is 12.5. The molecule has 1 aliphatic heterocycles. The van der Waals surface area contributed by atoms with E-state index in [9.17, 15) is 4.39 Å². The van der Waals surface area contributed by atoms with Gasteiger partial charge in [0.25, 0.3) is 0 Å². The summed E-state index contributed by atoms with van der Waals surface area (Å²) < 4.78 is 25.4. The maximum Gasteiger partial charge on any atom is 0.168 e. The number of aryl methyl sites for hydroxylation is 1. The van der Waals surface area contributed by atoms with Gasteiger partial charge in [0.2, 0.25) is 0 Å². The van der Waals surface area contributed by atoms with Crippen molar-refractivity contribution in [3.05, 3.63) is 42.0 Å². The third-order valence-corrected chi connectivity index (χ3v) is 3.26. The number of methoxy groups -OCH3 is 1. The van der Waals surface area contributed by atoms with Crippen LogP contribution in [-0.2, 0) is 6.54 Å². The summed E-state index contributed by atoms with van der Waals surface area (Å²) in [6.45, 7) is 0.288. The molecule has 0 saturated carbocycles. The molecule has 1 aromatic carbocycles. The fraction of sp³-hybridized carbons (Fsp3) is 0.267. The number of fused-ring (bicyclic) bond motifs is 1. The van der Waals surface area contributed by atoms with Crippen LogP contribution in [0.1, 0.15) is 11.4 Å². The van der Waals surface area contributed by atoms with E-state index in [1.54, 1.807) is 24.1 Å². The number of halogens is 1. The van der Waals surface area contributed by atoms with Gasteiger partial charge < -0.3 is 14.0 Å². The Morgan fingerprint density at radius 1 is 1.45 bits per heavy atom. The van der Waals surface area contributed by atoms with Crippen LogP contribution in [0.15, 0.2) is 30.6 Å². The molecule has 0 spiro atoms. The zero-order chi connectivity index (χ0) is 13.9. The number of aromatic nitrogens is 2. The quantitative estimate of drug-likeness (QED) is 0.860. The Balaban J connectivity index is 2.00. The van der Waals surface area contributed by atoms with Gasteiger partial charge in [-0.05, 0) is 12.1 Å². The Bertz CT molecular complexity index is 649. The van der Waals surface area contributed by atoms with Crippen molar-refractivity contribution < 1.29 is 13.9 Å². The molecule has 0 amide bonds. The Hall–Kier alpha value is -2.30. The molecule has 0 radical (unpaired) electrons. The van der Waals surface area contributed by atoms with Crippen LogP contribution in [0.25, 0.3) is 11.6 Å². The van der Waals surface area contributed by atoms with E-state index >= 15 is 0 Å². The van der Waals surface area contributed by atoms with Gasteiger partial charge in [-0.15, -0.1) is 0 Å². The molecule has 4 nitrogen and oxygen atoms in total. The minimum Gasteiger partial charge on any atom is -0.493 e. The van der Waals surface area contributed by atoms with Gasteiger partial charge in [0.1, 0.15) is 19.1 Å². The molecule has 1 aromatic heterocycles. The summed E-state index contributed by atoms with van der Waals surface area (Å²) in [6.07, 6.45) is 5.46. The number of alkyl halides is 1. The minimum atomic E-state index is -0.415. The summed E-state index contributed by atoms with van der Waals surface area (Å²) in [4.78, 5) is 4.29. The van der Waals surface area contributed by atoms with Crippen molar-refractivity contribution >= 4 is 11.6 Å². The van der Waals surface area contributed by atoms with E-state index in [-0.39, 0.29) is 0 Å². The fourth-order valence-electron chi connectivity index (χ4n) is 2.34. The minimum absolute atomic E-state index is 0.303. The molecule has 0 unspecified atom stereocenters. The van der Waals surface area contributed by atoms with Crippen molar-refractivity contribution in [3.63, 3.8) is 0 Å². The lowest BCUT2D eigenvalue weighted by atomic mass is 10.1. The SMILES string of the molecule is COc1cccc2c1OCC(c1nccn1CCF)=C2. The van der Waals surface area contributed by atoms with Crippen molar-refractivity contribution in [2.75, 3.05) is 20.4 Å². The second-order valence-electron chi connectivity index (χ2n) is 4.47. The molecule has 0 atom stereocenters. The molecule has 2 aromatic rings. The molecule has 20 heavy (non-hydrogen) atoms. The van der Waals surface area contributed by atoms with E-state index < -0.39 is 6.67 Å². The van der Waals surface area contributed by atoms with Crippen LogP contribution < -0.4 is 9.47 Å². The van der Waals surface area contributed by atoms with Gasteiger partial charge in [-0.1, -0.05) is 12.1 Å². The number of rotatable bonds is 4. The molecule has 0 aliphatic carbocycles. The van der Waals surface area contributed by atoms with Crippen LogP contribution in [0.4, 0.5) is 4.39 Å². The lowest BCUT2D eigenvalue weighted by Gasteiger charge is -2.20. The van der Waals surface area contributed by atoms with Crippen LogP contribution in [0.2, 0.25) is 0 Å². The largest absolute Gasteiger partial charge is 0.493 e. The van der Waals surface area contributed by atoms with E-state index in [4.69, 9.17) is 9.47 Å². The Morgan fingerprint density at radius 2 is 2.35 bits per heavy atom. The predicted octanol–water partition coefficient (Wildman–Crippen LogP) is 2.79. The van der Waals surface area contributed by atoms with Gasteiger partial charge in [-0.2, -0.15) is 0 Å². The second kappa shape index (κ2) is 5.36. The third kappa shape index (κ3) is 2.15. The monoisotopic (exact) mass is 274 g/mol. The zero-order valence-corrected chi connectivity index (χ0v) is 11.2. The Labute approximate surface area is 116 Å². The normalized spacial score (nSPS) is 13.4. The summed E-state index contributed by atoms with van der Waals surface area (Å²) >= 11 is 0. The van der Waals surface area contributed by atoms with Crippen LogP contribution in [-0.4, -0.2) is 29.9 Å². The number of benzene rings is 1. The first-order valence-electron chi connectivity index (χ1n) is 6.41. The molecule has 0 N–H and O–H groups in total. The molecular formula is C15H15FN2O2. The van der Waals surface area contributed by atoms with E-state index in [1.165, 1.54) is 0 Å². The topological polar surface area (TPSA) is 36.3 Å². The lowest BCUT2D eigenvalue weighted by Crippen LogP contribution is -2.12. The molecule has 0 saturated heterocycles. The van der Waals surface area contributed by atoms with Crippen molar-refractivity contribution in [2.24, 2.45) is 0 Å². The number of hydrogen-bond acceptors (Lipinski definition) is 3. The lowest BCUT2D eigenvalue weighted by molar-refractivity contribution is 0.326. The average Bonchev–Trinajstić information content (AvgIpc) is 2.94. The van der Waals surface area contributed by atoms with Gasteiger partial charge in [-0.3, -0.25) is 0 Å². The molecule has 5 heteroatoms. The van der Waals surface area contributed by atoms with Crippen LogP contribution in [0.5, 0.6) is 11.5 Å². The maximum absolute atomic E-state index is 12.5. The van der Waals surface area contributed by atoms with E-state index in [2.05, 4.69) is 4.98 Å². The van der Waals surface area contributed by atoms with Crippen molar-refractivity contribution in [2.45, 2.75) is 6.54 Å². The van der Waals surface area contributed by atoms with Crippen molar-refractivity contribution in [1.29, 1.82) is 0 Å². The average molecular weight is 274 g/mol. The number of nitrogens with zero attached hydrogens (tertiary/aromatic N) is 2. The summed E-state index contributed by atoms with van der Waals surface area (Å²) in [5, 5.41) is 0. The molecule has 104 valence electrons. The van der Waals surface area contributed by atoms with E-state index in [0.717, 1.165) is 22.7 Å². The third-order valence-electron chi connectivity index (χ3n) is 3.26. The summed E-state index contributed by atoms with van der Waals surface area (Å²) in [7, 11) is 1.62. The molecular weight excluding hydrogens is 259 g/mol. The smallest absolute Gasteiger partial charge is 0.168 e. The number of para-hydroxylation sites is 1. The summed E-state index contributed by atoms with van der Waals surface area (Å²) in [6, 6.07) is 5.73. The highest BCUT2D eigenvalue weighted by atomic mass is 19.1. The molecule has 0 fully saturated rings. The molecule has 0 bridgehead atoms. The van der Waals surface area contributed by atoms with Crippen LogP contribution in [0.3, 0.4) is 0 Å². The van der Waals surface area contributed by atoms with E-state index in [1.807, 2.05) is 24.3 Å². The highest BCUT2D eigenvalue weighted by molar-refractivity contribution is 5.84. The zero-order valence-electron chi connectivity index (χ0n) is 11.2. The first-order valence-corrected chi connectivity index (χ1v) is 6.41.